The van der Waals surface area contributed by atoms with Crippen LogP contribution in [0, 0.1) is 0 Å². The Kier molecular flexibility index (Phi) is 10.7. The zero-order valence-electron chi connectivity index (χ0n) is 21.6. The molecule has 0 aliphatic rings. The van der Waals surface area contributed by atoms with Gasteiger partial charge in [0.05, 0.1) is 23.2 Å². The molecule has 2 aromatic carbocycles. The van der Waals surface area contributed by atoms with Crippen molar-refractivity contribution in [2.24, 2.45) is 0 Å². The molecule has 0 aromatic heterocycles. The molecule has 8 nitrogen and oxygen atoms in total. The van der Waals surface area contributed by atoms with E-state index >= 15 is 0 Å². The molecule has 0 atom stereocenters. The number of amides is 2. The summed E-state index contributed by atoms with van der Waals surface area (Å²) < 4.78 is 37.1. The summed E-state index contributed by atoms with van der Waals surface area (Å²) in [5.41, 5.74) is 0.867. The van der Waals surface area contributed by atoms with Crippen LogP contribution in [0.2, 0.25) is 10.0 Å². The Morgan fingerprint density at radius 3 is 2.25 bits per heavy atom. The fourth-order valence-electron chi connectivity index (χ4n) is 3.39. The third kappa shape index (κ3) is 8.44. The number of nitrogens with one attached hydrogen (secondary N) is 1. The number of carbonyl (C=O) groups is 1. The molecular weight excluding hydrogens is 525 g/mol. The van der Waals surface area contributed by atoms with E-state index in [4.69, 9.17) is 32.1 Å². The predicted octanol–water partition coefficient (Wildman–Crippen LogP) is 5.56. The molecule has 2 aromatic rings. The van der Waals surface area contributed by atoms with Gasteiger partial charge in [0.1, 0.15) is 10.6 Å². The summed E-state index contributed by atoms with van der Waals surface area (Å²) in [6.45, 7) is 11.8. The van der Waals surface area contributed by atoms with Crippen molar-refractivity contribution >= 4 is 45.0 Å². The molecule has 0 unspecified atom stereocenters. The number of urea groups is 1. The van der Waals surface area contributed by atoms with Crippen molar-refractivity contribution in [3.05, 3.63) is 52.0 Å². The molecule has 36 heavy (non-hydrogen) atoms. The van der Waals surface area contributed by atoms with Crippen LogP contribution in [0.3, 0.4) is 0 Å². The summed E-state index contributed by atoms with van der Waals surface area (Å²) in [6.07, 6.45) is 0. The smallest absolute Gasteiger partial charge is 0.339 e. The summed E-state index contributed by atoms with van der Waals surface area (Å²) in [5, 5.41) is 3.27. The zero-order chi connectivity index (χ0) is 27.1. The van der Waals surface area contributed by atoms with Gasteiger partial charge < -0.3 is 24.0 Å². The van der Waals surface area contributed by atoms with Crippen LogP contribution in [0.4, 0.5) is 10.5 Å². The van der Waals surface area contributed by atoms with Gasteiger partial charge in [-0.25, -0.2) is 4.79 Å². The number of ether oxygens (including phenoxy) is 1. The van der Waals surface area contributed by atoms with Gasteiger partial charge in [-0.05, 0) is 58.9 Å². The highest BCUT2D eigenvalue weighted by molar-refractivity contribution is 7.87. The monoisotopic (exact) mass is 559 g/mol. The number of hydrogen-bond acceptors (Lipinski definition) is 6. The quantitative estimate of drug-likeness (QED) is 0.362. The van der Waals surface area contributed by atoms with Crippen molar-refractivity contribution in [2.75, 3.05) is 38.3 Å². The largest absolute Gasteiger partial charge is 0.383 e. The van der Waals surface area contributed by atoms with Crippen LogP contribution in [-0.4, -0.2) is 58.2 Å². The van der Waals surface area contributed by atoms with E-state index in [-0.39, 0.29) is 33.3 Å². The van der Waals surface area contributed by atoms with Gasteiger partial charge in [-0.3, -0.25) is 0 Å². The van der Waals surface area contributed by atoms with Crippen LogP contribution < -0.4 is 14.4 Å². The molecule has 0 saturated heterocycles. The minimum Gasteiger partial charge on any atom is -0.383 e. The van der Waals surface area contributed by atoms with E-state index in [9.17, 15) is 13.2 Å². The van der Waals surface area contributed by atoms with Crippen LogP contribution in [-0.2, 0) is 21.4 Å². The van der Waals surface area contributed by atoms with Crippen LogP contribution in [0.15, 0.2) is 41.3 Å². The number of hydrogen-bond donors (Lipinski definition) is 1. The van der Waals surface area contributed by atoms with Gasteiger partial charge in [-0.1, -0.05) is 29.3 Å². The molecule has 0 spiro atoms. The fourth-order valence-corrected chi connectivity index (χ4v) is 4.74. The average Bonchev–Trinajstić information content (AvgIpc) is 2.79. The molecule has 2 rings (SSSR count). The summed E-state index contributed by atoms with van der Waals surface area (Å²) >= 11 is 12.0. The zero-order valence-corrected chi connectivity index (χ0v) is 23.9. The maximum absolute atomic E-state index is 13.2. The second-order valence-corrected chi connectivity index (χ2v) is 11.5. The summed E-state index contributed by atoms with van der Waals surface area (Å²) in [7, 11) is -2.69. The van der Waals surface area contributed by atoms with Crippen LogP contribution in [0.1, 0.15) is 40.2 Å². The molecule has 0 saturated carbocycles. The first-order chi connectivity index (χ1) is 16.8. The molecular formula is C25H35Cl2N3O5S. The first-order valence-corrected chi connectivity index (χ1v) is 13.8. The van der Waals surface area contributed by atoms with E-state index in [1.54, 1.807) is 24.1 Å². The number of halogens is 2. The molecule has 200 valence electrons. The summed E-state index contributed by atoms with van der Waals surface area (Å²) in [6, 6.07) is 9.01. The average molecular weight is 561 g/mol. The molecule has 11 heteroatoms. The van der Waals surface area contributed by atoms with Crippen molar-refractivity contribution in [3.63, 3.8) is 0 Å². The Morgan fingerprint density at radius 2 is 1.69 bits per heavy atom. The highest BCUT2D eigenvalue weighted by Gasteiger charge is 2.24. The van der Waals surface area contributed by atoms with Crippen LogP contribution >= 0.6 is 23.2 Å². The van der Waals surface area contributed by atoms with Gasteiger partial charge in [0.15, 0.2) is 0 Å². The Hall–Kier alpha value is -2.20. The highest BCUT2D eigenvalue weighted by Crippen LogP contribution is 2.31. The van der Waals surface area contributed by atoms with E-state index in [0.29, 0.717) is 18.7 Å². The third-order valence-corrected chi connectivity index (χ3v) is 7.22. The number of methoxy groups -OCH3 is 1. The van der Waals surface area contributed by atoms with Gasteiger partial charge in [0, 0.05) is 49.6 Å². The lowest BCUT2D eigenvalue weighted by Gasteiger charge is -2.29. The third-order valence-electron chi connectivity index (χ3n) is 5.25. The standard InChI is InChI=1S/C25H35Cl2N3O5S/c1-7-29(8-2)19-10-9-18(17-30(13-14-34-6)24(31)28-25(3,4)5)23(15-19)35-36(32,33)20-11-12-21(26)22(27)16-20/h9-12,15-16H,7-8,13-14,17H2,1-6H3,(H,28,31). The number of anilines is 1. The van der Waals surface area contributed by atoms with Crippen molar-refractivity contribution < 1.29 is 22.1 Å². The van der Waals surface area contributed by atoms with Gasteiger partial charge in [-0.15, -0.1) is 0 Å². The Morgan fingerprint density at radius 1 is 1.03 bits per heavy atom. The lowest BCUT2D eigenvalue weighted by atomic mass is 10.1. The van der Waals surface area contributed by atoms with Crippen molar-refractivity contribution in [1.82, 2.24) is 10.2 Å². The maximum atomic E-state index is 13.2. The second-order valence-electron chi connectivity index (χ2n) is 9.17. The van der Waals surface area contributed by atoms with Gasteiger partial charge in [-0.2, -0.15) is 8.42 Å². The Balaban J connectivity index is 2.51. The minimum absolute atomic E-state index is 0.100. The number of rotatable bonds is 11. The number of benzene rings is 2. The fraction of sp³-hybridized carbons (Fsp3) is 0.480. The van der Waals surface area contributed by atoms with Crippen molar-refractivity contribution in [2.45, 2.75) is 51.6 Å². The van der Waals surface area contributed by atoms with E-state index in [1.807, 2.05) is 40.7 Å². The van der Waals surface area contributed by atoms with Crippen molar-refractivity contribution in [3.8, 4) is 5.75 Å². The molecule has 2 amide bonds. The SMILES string of the molecule is CCN(CC)c1ccc(CN(CCOC)C(=O)NC(C)(C)C)c(OS(=O)(=O)c2ccc(Cl)c(Cl)c2)c1. The molecule has 0 aliphatic carbocycles. The molecule has 0 fully saturated rings. The van der Waals surface area contributed by atoms with E-state index in [1.165, 1.54) is 18.2 Å². The maximum Gasteiger partial charge on any atom is 0.339 e. The van der Waals surface area contributed by atoms with Crippen LogP contribution in [0.5, 0.6) is 5.75 Å². The number of nitrogens with zero attached hydrogens (tertiary/aromatic N) is 2. The van der Waals surface area contributed by atoms with Gasteiger partial charge in [0.25, 0.3) is 0 Å². The summed E-state index contributed by atoms with van der Waals surface area (Å²) in [4.78, 5) is 16.5. The number of carbonyl (C=O) groups excluding carboxylic acids is 1. The molecule has 0 aliphatic heterocycles. The predicted molar refractivity (Wildman–Crippen MR) is 145 cm³/mol. The Bertz CT molecular complexity index is 1150. The molecule has 0 bridgehead atoms. The first-order valence-electron chi connectivity index (χ1n) is 11.6. The Labute approximate surface area is 224 Å². The van der Waals surface area contributed by atoms with Crippen LogP contribution in [0.25, 0.3) is 0 Å². The lowest BCUT2D eigenvalue weighted by Crippen LogP contribution is -2.49. The molecule has 0 radical (unpaired) electrons. The second kappa shape index (κ2) is 12.9. The highest BCUT2D eigenvalue weighted by atomic mass is 35.5. The minimum atomic E-state index is -4.24. The van der Waals surface area contributed by atoms with E-state index < -0.39 is 15.7 Å². The molecule has 0 heterocycles. The first kappa shape index (κ1) is 30.0. The van der Waals surface area contributed by atoms with Crippen molar-refractivity contribution in [1.29, 1.82) is 0 Å². The van der Waals surface area contributed by atoms with E-state index in [0.717, 1.165) is 18.8 Å². The van der Waals surface area contributed by atoms with Gasteiger partial charge in [0.2, 0.25) is 0 Å². The topological polar surface area (TPSA) is 88.2 Å². The molecule has 1 N–H and O–H groups in total. The summed E-state index contributed by atoms with van der Waals surface area (Å²) in [5.74, 6) is 0.122. The van der Waals surface area contributed by atoms with Gasteiger partial charge >= 0.3 is 16.1 Å². The normalized spacial score (nSPS) is 11.8. The lowest BCUT2D eigenvalue weighted by molar-refractivity contribution is 0.142. The van der Waals surface area contributed by atoms with E-state index in [2.05, 4.69) is 10.2 Å².